The summed E-state index contributed by atoms with van der Waals surface area (Å²) in [6.07, 6.45) is 3.77. The van der Waals surface area contributed by atoms with Gasteiger partial charge in [-0.25, -0.2) is 15.0 Å². The van der Waals surface area contributed by atoms with Gasteiger partial charge < -0.3 is 0 Å². The summed E-state index contributed by atoms with van der Waals surface area (Å²) in [5.74, 6) is 3.17. The van der Waals surface area contributed by atoms with E-state index in [1.807, 2.05) is 56.6 Å². The smallest absolute Gasteiger partial charge is 0.141 e. The average Bonchev–Trinajstić information content (AvgIpc) is 2.89. The number of pyridine rings is 3. The molecule has 0 radical (unpaired) electrons. The van der Waals surface area contributed by atoms with Gasteiger partial charge in [0.2, 0.25) is 0 Å². The van der Waals surface area contributed by atoms with Gasteiger partial charge in [0, 0.05) is 23.8 Å². The van der Waals surface area contributed by atoms with E-state index in [9.17, 15) is 0 Å². The Morgan fingerprint density at radius 2 is 0.806 bits per heavy atom. The van der Waals surface area contributed by atoms with Crippen molar-refractivity contribution in [3.8, 4) is 0 Å². The van der Waals surface area contributed by atoms with Crippen LogP contribution in [-0.2, 0) is 0 Å². The number of anilines is 6. The predicted molar refractivity (Wildman–Crippen MR) is 148 cm³/mol. The molecule has 0 aliphatic carbocycles. The monoisotopic (exact) mass is 471 g/mol. The molecule has 5 aromatic rings. The summed E-state index contributed by atoms with van der Waals surface area (Å²) in [7, 11) is 0. The first-order valence-corrected chi connectivity index (χ1v) is 12.0. The van der Waals surface area contributed by atoms with Crippen LogP contribution < -0.4 is 9.80 Å². The molecule has 0 unspecified atom stereocenters. The largest absolute Gasteiger partial charge is 0.279 e. The second-order valence-electron chi connectivity index (χ2n) is 9.08. The molecule has 0 aliphatic heterocycles. The quantitative estimate of drug-likeness (QED) is 0.251. The summed E-state index contributed by atoms with van der Waals surface area (Å²) < 4.78 is 0. The molecule has 0 saturated carbocycles. The Labute approximate surface area is 212 Å². The van der Waals surface area contributed by atoms with Crippen molar-refractivity contribution in [2.75, 3.05) is 9.80 Å². The number of aryl methyl sites for hydroxylation is 4. The molecule has 0 fully saturated rings. The van der Waals surface area contributed by atoms with Crippen molar-refractivity contribution in [3.63, 3.8) is 0 Å². The zero-order chi connectivity index (χ0) is 25.1. The van der Waals surface area contributed by atoms with Crippen molar-refractivity contribution >= 4 is 34.6 Å². The molecule has 0 spiro atoms. The Morgan fingerprint density at radius 1 is 0.417 bits per heavy atom. The zero-order valence-electron chi connectivity index (χ0n) is 21.1. The van der Waals surface area contributed by atoms with Gasteiger partial charge in [-0.1, -0.05) is 53.6 Å². The van der Waals surface area contributed by atoms with Crippen LogP contribution in [0.2, 0.25) is 0 Å². The van der Waals surface area contributed by atoms with Crippen molar-refractivity contribution in [1.82, 2.24) is 15.0 Å². The van der Waals surface area contributed by atoms with Crippen LogP contribution in [0.5, 0.6) is 0 Å². The fourth-order valence-corrected chi connectivity index (χ4v) is 4.00. The first-order chi connectivity index (χ1) is 17.5. The third-order valence-electron chi connectivity index (χ3n) is 6.01. The highest BCUT2D eigenvalue weighted by Crippen LogP contribution is 2.36. The summed E-state index contributed by atoms with van der Waals surface area (Å²) in [5, 5.41) is 0. The van der Waals surface area contributed by atoms with Gasteiger partial charge in [-0.3, -0.25) is 9.80 Å². The van der Waals surface area contributed by atoms with Crippen LogP contribution in [0.1, 0.15) is 22.3 Å². The van der Waals surface area contributed by atoms with Gasteiger partial charge in [-0.2, -0.15) is 0 Å². The Kier molecular flexibility index (Phi) is 6.46. The van der Waals surface area contributed by atoms with Gasteiger partial charge in [0.1, 0.15) is 23.3 Å². The maximum Gasteiger partial charge on any atom is 0.141 e. The molecule has 5 nitrogen and oxygen atoms in total. The normalized spacial score (nSPS) is 10.8. The molecular weight excluding hydrogens is 442 g/mol. The van der Waals surface area contributed by atoms with Gasteiger partial charge >= 0.3 is 0 Å². The van der Waals surface area contributed by atoms with Crippen molar-refractivity contribution in [2.24, 2.45) is 0 Å². The highest BCUT2D eigenvalue weighted by atomic mass is 15.3. The van der Waals surface area contributed by atoms with E-state index in [2.05, 4.69) is 84.3 Å². The first kappa shape index (κ1) is 23.2. The minimum Gasteiger partial charge on any atom is -0.279 e. The lowest BCUT2D eigenvalue weighted by Gasteiger charge is -2.27. The predicted octanol–water partition coefficient (Wildman–Crippen LogP) is 8.04. The lowest BCUT2D eigenvalue weighted by atomic mass is 10.2. The number of hydrogen-bond donors (Lipinski definition) is 0. The molecule has 5 heteroatoms. The van der Waals surface area contributed by atoms with E-state index in [1.165, 1.54) is 11.1 Å². The van der Waals surface area contributed by atoms with Crippen LogP contribution in [0.15, 0.2) is 103 Å². The molecule has 2 aromatic carbocycles. The third kappa shape index (κ3) is 4.96. The zero-order valence-corrected chi connectivity index (χ0v) is 21.1. The Bertz CT molecular complexity index is 1240. The van der Waals surface area contributed by atoms with Gasteiger partial charge in [0.15, 0.2) is 0 Å². The van der Waals surface area contributed by atoms with Crippen LogP contribution in [0.25, 0.3) is 0 Å². The SMILES string of the molecule is Cc1ccc(N(c2ccc(C)cn2)c2cccc(N(c3ccc(C)cc3)c3ccc(C)cn3)n2)cc1. The van der Waals surface area contributed by atoms with E-state index in [0.717, 1.165) is 45.8 Å². The summed E-state index contributed by atoms with van der Waals surface area (Å²) >= 11 is 0. The van der Waals surface area contributed by atoms with Crippen molar-refractivity contribution < 1.29 is 0 Å². The van der Waals surface area contributed by atoms with Crippen molar-refractivity contribution in [2.45, 2.75) is 27.7 Å². The summed E-state index contributed by atoms with van der Waals surface area (Å²) in [6, 6.07) is 31.1. The van der Waals surface area contributed by atoms with Crippen LogP contribution in [0.4, 0.5) is 34.6 Å². The second kappa shape index (κ2) is 10.0. The molecule has 3 aromatic heterocycles. The molecule has 178 valence electrons. The average molecular weight is 472 g/mol. The van der Waals surface area contributed by atoms with Gasteiger partial charge in [-0.15, -0.1) is 0 Å². The highest BCUT2D eigenvalue weighted by Gasteiger charge is 2.19. The number of nitrogens with zero attached hydrogens (tertiary/aromatic N) is 5. The molecule has 36 heavy (non-hydrogen) atoms. The summed E-state index contributed by atoms with van der Waals surface area (Å²) in [6.45, 7) is 8.26. The van der Waals surface area contributed by atoms with Gasteiger partial charge in [-0.05, 0) is 87.4 Å². The van der Waals surface area contributed by atoms with Crippen LogP contribution in [0, 0.1) is 27.7 Å². The number of rotatable bonds is 6. The molecule has 3 heterocycles. The first-order valence-electron chi connectivity index (χ1n) is 12.0. The fraction of sp³-hybridized carbons (Fsp3) is 0.129. The molecule has 0 saturated heterocycles. The van der Waals surface area contributed by atoms with Crippen LogP contribution >= 0.6 is 0 Å². The lowest BCUT2D eigenvalue weighted by molar-refractivity contribution is 1.08. The molecule has 0 atom stereocenters. The van der Waals surface area contributed by atoms with Crippen LogP contribution in [0.3, 0.4) is 0 Å². The molecular formula is C31H29N5. The molecule has 0 N–H and O–H groups in total. The topological polar surface area (TPSA) is 45.2 Å². The number of hydrogen-bond acceptors (Lipinski definition) is 5. The Morgan fingerprint density at radius 3 is 1.17 bits per heavy atom. The summed E-state index contributed by atoms with van der Waals surface area (Å²) in [5.41, 5.74) is 6.62. The second-order valence-corrected chi connectivity index (χ2v) is 9.08. The van der Waals surface area contributed by atoms with Crippen molar-refractivity contribution in [1.29, 1.82) is 0 Å². The maximum atomic E-state index is 5.14. The van der Waals surface area contributed by atoms with E-state index in [4.69, 9.17) is 15.0 Å². The van der Waals surface area contributed by atoms with Gasteiger partial charge in [0.05, 0.1) is 0 Å². The maximum absolute atomic E-state index is 5.14. The minimum absolute atomic E-state index is 0.775. The summed E-state index contributed by atoms with van der Waals surface area (Å²) in [4.78, 5) is 18.8. The number of benzene rings is 2. The Hall–Kier alpha value is -4.51. The molecule has 0 aliphatic rings. The lowest BCUT2D eigenvalue weighted by Crippen LogP contribution is -2.17. The van der Waals surface area contributed by atoms with Crippen molar-refractivity contribution in [3.05, 3.63) is 126 Å². The molecule has 5 rings (SSSR count). The highest BCUT2D eigenvalue weighted by molar-refractivity contribution is 5.76. The Balaban J connectivity index is 1.65. The standard InChI is InChI=1S/C31H29N5/c1-22-8-14-26(15-9-22)35(28-18-12-24(3)20-32-28)30-6-5-7-31(34-30)36(27-16-10-23(2)11-17-27)29-19-13-25(4)21-33-29/h5-21H,1-4H3. The number of aromatic nitrogens is 3. The van der Waals surface area contributed by atoms with E-state index >= 15 is 0 Å². The fourth-order valence-electron chi connectivity index (χ4n) is 4.00. The minimum atomic E-state index is 0.775. The third-order valence-corrected chi connectivity index (χ3v) is 6.01. The van der Waals surface area contributed by atoms with Gasteiger partial charge in [0.25, 0.3) is 0 Å². The molecule has 0 bridgehead atoms. The van der Waals surface area contributed by atoms with E-state index in [1.54, 1.807) is 0 Å². The van der Waals surface area contributed by atoms with Crippen LogP contribution in [-0.4, -0.2) is 15.0 Å². The van der Waals surface area contributed by atoms with E-state index < -0.39 is 0 Å². The molecule has 0 amide bonds. The van der Waals surface area contributed by atoms with E-state index in [0.29, 0.717) is 0 Å². The van der Waals surface area contributed by atoms with E-state index in [-0.39, 0.29) is 0 Å².